The lowest BCUT2D eigenvalue weighted by atomic mass is 10.2. The maximum atomic E-state index is 11.8. The molecular weight excluding hydrogens is 256 g/mol. The van der Waals surface area contributed by atoms with Gasteiger partial charge in [0.1, 0.15) is 5.69 Å². The van der Waals surface area contributed by atoms with Crippen molar-refractivity contribution in [3.63, 3.8) is 0 Å². The topological polar surface area (TPSA) is 57.7 Å². The summed E-state index contributed by atoms with van der Waals surface area (Å²) in [4.78, 5) is 20.6. The number of rotatable bonds is 5. The zero-order valence-electron chi connectivity index (χ0n) is 12.1. The number of likely N-dealkylation sites (N-methyl/N-ethyl adjacent to an activating group) is 1. The third-order valence-electron chi connectivity index (χ3n) is 3.44. The number of anilines is 1. The number of carbonyl (C=O) groups is 1. The van der Waals surface area contributed by atoms with Crippen molar-refractivity contribution in [1.29, 1.82) is 0 Å². The smallest absolute Gasteiger partial charge is 0.269 e. The highest BCUT2D eigenvalue weighted by atomic mass is 16.5. The molecule has 0 atom stereocenters. The standard InChI is InChI=1S/C14H22N4O2/c1-17-6-8-18(9-7-17)12-3-4-13(16-11-12)14(19)15-5-10-20-2/h3-4,11H,5-10H2,1-2H3,(H,15,19). The lowest BCUT2D eigenvalue weighted by molar-refractivity contribution is 0.0932. The fourth-order valence-electron chi connectivity index (χ4n) is 2.13. The van der Waals surface area contributed by atoms with Crippen molar-refractivity contribution < 1.29 is 9.53 Å². The second-order valence-electron chi connectivity index (χ2n) is 4.94. The molecule has 1 aromatic heterocycles. The van der Waals surface area contributed by atoms with Crippen LogP contribution in [0.4, 0.5) is 5.69 Å². The largest absolute Gasteiger partial charge is 0.383 e. The van der Waals surface area contributed by atoms with Gasteiger partial charge in [0.25, 0.3) is 5.91 Å². The SMILES string of the molecule is COCCNC(=O)c1ccc(N2CCN(C)CC2)cn1. The molecule has 110 valence electrons. The molecule has 0 unspecified atom stereocenters. The van der Waals surface area contributed by atoms with Crippen molar-refractivity contribution in [2.75, 3.05) is 58.4 Å². The molecule has 1 saturated heterocycles. The average molecular weight is 278 g/mol. The van der Waals surface area contributed by atoms with Gasteiger partial charge in [-0.15, -0.1) is 0 Å². The highest BCUT2D eigenvalue weighted by Crippen LogP contribution is 2.15. The van der Waals surface area contributed by atoms with Crippen LogP contribution in [0.5, 0.6) is 0 Å². The maximum absolute atomic E-state index is 11.8. The number of methoxy groups -OCH3 is 1. The van der Waals surface area contributed by atoms with E-state index in [0.29, 0.717) is 18.8 Å². The van der Waals surface area contributed by atoms with E-state index in [-0.39, 0.29) is 5.91 Å². The predicted octanol–water partition coefficient (Wildman–Crippen LogP) is 0.210. The number of hydrogen-bond donors (Lipinski definition) is 1. The van der Waals surface area contributed by atoms with Gasteiger partial charge in [-0.3, -0.25) is 4.79 Å². The molecule has 20 heavy (non-hydrogen) atoms. The third-order valence-corrected chi connectivity index (χ3v) is 3.44. The Bertz CT molecular complexity index is 427. The van der Waals surface area contributed by atoms with Gasteiger partial charge in [-0.1, -0.05) is 0 Å². The van der Waals surface area contributed by atoms with Crippen LogP contribution in [0, 0.1) is 0 Å². The van der Waals surface area contributed by atoms with Crippen LogP contribution in [0.3, 0.4) is 0 Å². The minimum atomic E-state index is -0.160. The van der Waals surface area contributed by atoms with E-state index in [0.717, 1.165) is 31.9 Å². The molecule has 1 aromatic rings. The molecule has 0 aromatic carbocycles. The summed E-state index contributed by atoms with van der Waals surface area (Å²) in [6.07, 6.45) is 1.77. The highest BCUT2D eigenvalue weighted by Gasteiger charge is 2.15. The van der Waals surface area contributed by atoms with E-state index >= 15 is 0 Å². The summed E-state index contributed by atoms with van der Waals surface area (Å²) in [7, 11) is 3.73. The zero-order valence-corrected chi connectivity index (χ0v) is 12.1. The molecule has 1 fully saturated rings. The van der Waals surface area contributed by atoms with Gasteiger partial charge >= 0.3 is 0 Å². The number of amides is 1. The second-order valence-corrected chi connectivity index (χ2v) is 4.94. The molecule has 6 heteroatoms. The number of hydrogen-bond acceptors (Lipinski definition) is 5. The van der Waals surface area contributed by atoms with Gasteiger partial charge in [0.2, 0.25) is 0 Å². The molecule has 1 aliphatic heterocycles. The summed E-state index contributed by atoms with van der Waals surface area (Å²) in [5.41, 5.74) is 1.52. The number of ether oxygens (including phenoxy) is 1. The van der Waals surface area contributed by atoms with Gasteiger partial charge in [0.05, 0.1) is 18.5 Å². The predicted molar refractivity (Wildman–Crippen MR) is 78.2 cm³/mol. The molecule has 6 nitrogen and oxygen atoms in total. The van der Waals surface area contributed by atoms with Crippen LogP contribution in [0.25, 0.3) is 0 Å². The summed E-state index contributed by atoms with van der Waals surface area (Å²) >= 11 is 0. The number of nitrogens with zero attached hydrogens (tertiary/aromatic N) is 3. The Morgan fingerprint density at radius 2 is 2.10 bits per heavy atom. The van der Waals surface area contributed by atoms with Crippen LogP contribution in [0.15, 0.2) is 18.3 Å². The molecular formula is C14H22N4O2. The average Bonchev–Trinajstić information content (AvgIpc) is 2.48. The molecule has 2 rings (SSSR count). The minimum absolute atomic E-state index is 0.160. The lowest BCUT2D eigenvalue weighted by Crippen LogP contribution is -2.44. The van der Waals surface area contributed by atoms with Gasteiger partial charge < -0.3 is 19.9 Å². The van der Waals surface area contributed by atoms with Gasteiger partial charge in [-0.05, 0) is 19.2 Å². The maximum Gasteiger partial charge on any atom is 0.269 e. The fourth-order valence-corrected chi connectivity index (χ4v) is 2.13. The summed E-state index contributed by atoms with van der Waals surface area (Å²) < 4.78 is 4.89. The van der Waals surface area contributed by atoms with Gasteiger partial charge in [0, 0.05) is 39.8 Å². The normalized spacial score (nSPS) is 16.2. The molecule has 0 spiro atoms. The van der Waals surface area contributed by atoms with Crippen LogP contribution < -0.4 is 10.2 Å². The molecule has 1 aliphatic rings. The first-order chi connectivity index (χ1) is 9.70. The number of piperazine rings is 1. The Kier molecular flexibility index (Phi) is 5.31. The fraction of sp³-hybridized carbons (Fsp3) is 0.571. The molecule has 0 aliphatic carbocycles. The Balaban J connectivity index is 1.90. The summed E-state index contributed by atoms with van der Waals surface area (Å²) in [5, 5.41) is 2.76. The Labute approximate surface area is 119 Å². The molecule has 0 saturated carbocycles. The van der Waals surface area contributed by atoms with Gasteiger partial charge in [-0.25, -0.2) is 4.98 Å². The lowest BCUT2D eigenvalue weighted by Gasteiger charge is -2.33. The van der Waals surface area contributed by atoms with Crippen LogP contribution in [0.1, 0.15) is 10.5 Å². The van der Waals surface area contributed by atoms with Gasteiger partial charge in [0.15, 0.2) is 0 Å². The Morgan fingerprint density at radius 3 is 2.70 bits per heavy atom. The van der Waals surface area contributed by atoms with Crippen LogP contribution >= 0.6 is 0 Å². The van der Waals surface area contributed by atoms with Crippen LogP contribution in [-0.2, 0) is 4.74 Å². The van der Waals surface area contributed by atoms with Crippen molar-refractivity contribution in [3.05, 3.63) is 24.0 Å². The first kappa shape index (κ1) is 14.7. The van der Waals surface area contributed by atoms with Crippen LogP contribution in [-0.4, -0.2) is 69.3 Å². The Morgan fingerprint density at radius 1 is 1.35 bits per heavy atom. The molecule has 2 heterocycles. The second kappa shape index (κ2) is 7.21. The summed E-state index contributed by atoms with van der Waals surface area (Å²) in [6.45, 7) is 5.11. The van der Waals surface area contributed by atoms with E-state index in [1.165, 1.54) is 0 Å². The zero-order chi connectivity index (χ0) is 14.4. The van der Waals surface area contributed by atoms with Crippen molar-refractivity contribution in [2.45, 2.75) is 0 Å². The quantitative estimate of drug-likeness (QED) is 0.780. The van der Waals surface area contributed by atoms with Crippen molar-refractivity contribution in [1.82, 2.24) is 15.2 Å². The minimum Gasteiger partial charge on any atom is -0.383 e. The van der Waals surface area contributed by atoms with Crippen molar-refractivity contribution in [2.24, 2.45) is 0 Å². The molecule has 0 bridgehead atoms. The van der Waals surface area contributed by atoms with Crippen molar-refractivity contribution in [3.8, 4) is 0 Å². The van der Waals surface area contributed by atoms with Gasteiger partial charge in [-0.2, -0.15) is 0 Å². The first-order valence-corrected chi connectivity index (χ1v) is 6.87. The molecule has 1 N–H and O–H groups in total. The van der Waals surface area contributed by atoms with E-state index in [1.807, 2.05) is 6.07 Å². The number of aromatic nitrogens is 1. The monoisotopic (exact) mass is 278 g/mol. The van der Waals surface area contributed by atoms with Crippen LogP contribution in [0.2, 0.25) is 0 Å². The third kappa shape index (κ3) is 3.91. The molecule has 1 amide bonds. The van der Waals surface area contributed by atoms with E-state index in [4.69, 9.17) is 4.74 Å². The van der Waals surface area contributed by atoms with E-state index in [2.05, 4.69) is 27.1 Å². The van der Waals surface area contributed by atoms with E-state index < -0.39 is 0 Å². The highest BCUT2D eigenvalue weighted by molar-refractivity contribution is 5.92. The van der Waals surface area contributed by atoms with E-state index in [9.17, 15) is 4.79 Å². The number of nitrogens with one attached hydrogen (secondary N) is 1. The Hall–Kier alpha value is -1.66. The summed E-state index contributed by atoms with van der Waals surface area (Å²) in [5.74, 6) is -0.160. The number of carbonyl (C=O) groups excluding carboxylic acids is 1. The number of pyridine rings is 1. The van der Waals surface area contributed by atoms with Crippen molar-refractivity contribution >= 4 is 11.6 Å². The molecule has 0 radical (unpaired) electrons. The first-order valence-electron chi connectivity index (χ1n) is 6.87. The van der Waals surface area contributed by atoms with E-state index in [1.54, 1.807) is 19.4 Å². The summed E-state index contributed by atoms with van der Waals surface area (Å²) in [6, 6.07) is 3.74.